The summed E-state index contributed by atoms with van der Waals surface area (Å²) in [5.74, 6) is -0.339. The second kappa shape index (κ2) is 8.03. The van der Waals surface area contributed by atoms with Crippen molar-refractivity contribution in [2.75, 3.05) is 5.32 Å². The summed E-state index contributed by atoms with van der Waals surface area (Å²) < 4.78 is 27.1. The molecule has 0 saturated carbocycles. The summed E-state index contributed by atoms with van der Waals surface area (Å²) in [4.78, 5) is 12.1. The summed E-state index contributed by atoms with van der Waals surface area (Å²) in [5, 5.41) is 3.23. The Balaban J connectivity index is 2.05. The molecule has 138 valence electrons. The van der Waals surface area contributed by atoms with Gasteiger partial charge in [-0.25, -0.2) is 13.1 Å². The van der Waals surface area contributed by atoms with Crippen molar-refractivity contribution >= 4 is 39.3 Å². The minimum atomic E-state index is -3.61. The second-order valence-electron chi connectivity index (χ2n) is 6.72. The van der Waals surface area contributed by atoms with E-state index in [2.05, 4.69) is 10.0 Å². The van der Waals surface area contributed by atoms with Crippen molar-refractivity contribution in [1.29, 1.82) is 0 Å². The zero-order chi connectivity index (χ0) is 19.4. The maximum Gasteiger partial charge on any atom is 0.248 e. The van der Waals surface area contributed by atoms with Crippen LogP contribution in [-0.2, 0) is 14.8 Å². The lowest BCUT2D eigenvalue weighted by molar-refractivity contribution is -0.111. The third-order valence-corrected chi connectivity index (χ3v) is 5.31. The highest BCUT2D eigenvalue weighted by Crippen LogP contribution is 2.18. The molecule has 2 aromatic rings. The van der Waals surface area contributed by atoms with Crippen LogP contribution in [0.1, 0.15) is 26.3 Å². The van der Waals surface area contributed by atoms with Crippen LogP contribution in [0.25, 0.3) is 6.08 Å². The zero-order valence-electron chi connectivity index (χ0n) is 14.8. The molecule has 5 nitrogen and oxygen atoms in total. The van der Waals surface area contributed by atoms with Gasteiger partial charge in [-0.05, 0) is 62.7 Å². The van der Waals surface area contributed by atoms with Gasteiger partial charge in [0.25, 0.3) is 0 Å². The monoisotopic (exact) mass is 392 g/mol. The molecule has 2 N–H and O–H groups in total. The number of halogens is 1. The van der Waals surface area contributed by atoms with Crippen molar-refractivity contribution in [2.24, 2.45) is 0 Å². The number of benzene rings is 2. The van der Waals surface area contributed by atoms with Crippen molar-refractivity contribution in [3.8, 4) is 0 Å². The van der Waals surface area contributed by atoms with Gasteiger partial charge in [-0.1, -0.05) is 29.8 Å². The Hall–Kier alpha value is -2.15. The van der Waals surface area contributed by atoms with E-state index in [9.17, 15) is 13.2 Å². The lowest BCUT2D eigenvalue weighted by Gasteiger charge is -2.20. The molecule has 0 heterocycles. The van der Waals surface area contributed by atoms with Gasteiger partial charge in [0.15, 0.2) is 0 Å². The molecular formula is C19H21ClN2O3S. The number of carbonyl (C=O) groups excluding carboxylic acids is 1. The molecule has 2 aromatic carbocycles. The average Bonchev–Trinajstić information content (AvgIpc) is 2.52. The second-order valence-corrected chi connectivity index (χ2v) is 8.81. The number of sulfonamides is 1. The van der Waals surface area contributed by atoms with E-state index >= 15 is 0 Å². The standard InChI is InChI=1S/C19H21ClN2O3S/c1-19(2,3)22-26(24,25)16-11-9-15(10-12-16)21-18(23)13-8-14-6-4-5-7-17(14)20/h4-13,22H,1-3H3,(H,21,23). The molecular weight excluding hydrogens is 372 g/mol. The van der Waals surface area contributed by atoms with Gasteiger partial charge in [0.1, 0.15) is 0 Å². The quantitative estimate of drug-likeness (QED) is 0.753. The highest BCUT2D eigenvalue weighted by Gasteiger charge is 2.21. The number of rotatable bonds is 5. The van der Waals surface area contributed by atoms with E-state index in [-0.39, 0.29) is 10.8 Å². The minimum absolute atomic E-state index is 0.136. The highest BCUT2D eigenvalue weighted by atomic mass is 35.5. The topological polar surface area (TPSA) is 75.3 Å². The van der Waals surface area contributed by atoms with E-state index in [0.717, 1.165) is 5.56 Å². The van der Waals surface area contributed by atoms with Crippen LogP contribution >= 0.6 is 11.6 Å². The Morgan fingerprint density at radius 3 is 2.23 bits per heavy atom. The summed E-state index contributed by atoms with van der Waals surface area (Å²) in [6.45, 7) is 5.30. The third kappa shape index (κ3) is 5.98. The maximum absolute atomic E-state index is 12.3. The van der Waals surface area contributed by atoms with Crippen molar-refractivity contribution in [2.45, 2.75) is 31.2 Å². The summed E-state index contributed by atoms with van der Waals surface area (Å²) in [6, 6.07) is 13.1. The van der Waals surface area contributed by atoms with Crippen LogP contribution in [0.3, 0.4) is 0 Å². The van der Waals surface area contributed by atoms with Crippen molar-refractivity contribution in [1.82, 2.24) is 4.72 Å². The minimum Gasteiger partial charge on any atom is -0.323 e. The van der Waals surface area contributed by atoms with Gasteiger partial charge in [0, 0.05) is 22.3 Å². The summed E-state index contributed by atoms with van der Waals surface area (Å²) in [5.41, 5.74) is 0.655. The number of amides is 1. The van der Waals surface area contributed by atoms with Gasteiger partial charge < -0.3 is 5.32 Å². The Labute approximate surface area is 159 Å². The van der Waals surface area contributed by atoms with Crippen LogP contribution in [0, 0.1) is 0 Å². The fourth-order valence-corrected chi connectivity index (χ4v) is 3.76. The molecule has 26 heavy (non-hydrogen) atoms. The van der Waals surface area contributed by atoms with Crippen LogP contribution < -0.4 is 10.0 Å². The van der Waals surface area contributed by atoms with Crippen LogP contribution in [0.15, 0.2) is 59.5 Å². The molecule has 7 heteroatoms. The molecule has 0 unspecified atom stereocenters. The van der Waals surface area contributed by atoms with E-state index < -0.39 is 15.6 Å². The van der Waals surface area contributed by atoms with Crippen molar-refractivity contribution in [3.05, 3.63) is 65.2 Å². The number of hydrogen-bond acceptors (Lipinski definition) is 3. The van der Waals surface area contributed by atoms with Gasteiger partial charge in [0.2, 0.25) is 15.9 Å². The molecule has 0 atom stereocenters. The molecule has 0 bridgehead atoms. The molecule has 0 saturated heterocycles. The molecule has 0 fully saturated rings. The van der Waals surface area contributed by atoms with Gasteiger partial charge in [-0.2, -0.15) is 0 Å². The summed E-state index contributed by atoms with van der Waals surface area (Å²) in [7, 11) is -3.61. The first-order valence-corrected chi connectivity index (χ1v) is 9.81. The number of hydrogen-bond donors (Lipinski definition) is 2. The molecule has 2 rings (SSSR count). The number of carbonyl (C=O) groups is 1. The Bertz CT molecular complexity index is 915. The lowest BCUT2D eigenvalue weighted by atomic mass is 10.1. The predicted octanol–water partition coefficient (Wildman–Crippen LogP) is 4.07. The van der Waals surface area contributed by atoms with Gasteiger partial charge >= 0.3 is 0 Å². The average molecular weight is 393 g/mol. The molecule has 0 spiro atoms. The Kier molecular flexibility index (Phi) is 6.23. The molecule has 0 aliphatic carbocycles. The fourth-order valence-electron chi connectivity index (χ4n) is 2.14. The fraction of sp³-hybridized carbons (Fsp3) is 0.211. The van der Waals surface area contributed by atoms with E-state index in [4.69, 9.17) is 11.6 Å². The number of nitrogens with one attached hydrogen (secondary N) is 2. The van der Waals surface area contributed by atoms with E-state index in [1.54, 1.807) is 51.1 Å². The smallest absolute Gasteiger partial charge is 0.248 e. The predicted molar refractivity (Wildman–Crippen MR) is 106 cm³/mol. The lowest BCUT2D eigenvalue weighted by Crippen LogP contribution is -2.40. The first kappa shape index (κ1) is 20.2. The number of anilines is 1. The largest absolute Gasteiger partial charge is 0.323 e. The maximum atomic E-state index is 12.3. The van der Waals surface area contributed by atoms with Crippen molar-refractivity contribution < 1.29 is 13.2 Å². The zero-order valence-corrected chi connectivity index (χ0v) is 16.4. The third-order valence-electron chi connectivity index (χ3n) is 3.19. The summed E-state index contributed by atoms with van der Waals surface area (Å²) >= 11 is 6.03. The van der Waals surface area contributed by atoms with E-state index in [0.29, 0.717) is 10.7 Å². The molecule has 0 aromatic heterocycles. The molecule has 1 amide bonds. The van der Waals surface area contributed by atoms with Crippen molar-refractivity contribution in [3.63, 3.8) is 0 Å². The SMILES string of the molecule is CC(C)(C)NS(=O)(=O)c1ccc(NC(=O)C=Cc2ccccc2Cl)cc1. The Morgan fingerprint density at radius 1 is 1.04 bits per heavy atom. The first-order valence-electron chi connectivity index (χ1n) is 7.94. The van der Waals surface area contributed by atoms with Gasteiger partial charge in [-0.3, -0.25) is 4.79 Å². The van der Waals surface area contributed by atoms with Crippen LogP contribution in [0.2, 0.25) is 5.02 Å². The van der Waals surface area contributed by atoms with Crippen LogP contribution in [0.5, 0.6) is 0 Å². The first-order chi connectivity index (χ1) is 12.1. The Morgan fingerprint density at radius 2 is 1.65 bits per heavy atom. The highest BCUT2D eigenvalue weighted by molar-refractivity contribution is 7.89. The van der Waals surface area contributed by atoms with Gasteiger partial charge in [-0.15, -0.1) is 0 Å². The van der Waals surface area contributed by atoms with E-state index in [1.807, 2.05) is 12.1 Å². The van der Waals surface area contributed by atoms with E-state index in [1.165, 1.54) is 18.2 Å². The molecule has 0 aliphatic heterocycles. The van der Waals surface area contributed by atoms with Crippen LogP contribution in [-0.4, -0.2) is 19.9 Å². The van der Waals surface area contributed by atoms with Gasteiger partial charge in [0.05, 0.1) is 4.90 Å². The normalized spacial score (nSPS) is 12.3. The molecule has 0 aliphatic rings. The summed E-state index contributed by atoms with van der Waals surface area (Å²) in [6.07, 6.45) is 2.98. The molecule has 0 radical (unpaired) electrons. The van der Waals surface area contributed by atoms with Crippen LogP contribution in [0.4, 0.5) is 5.69 Å².